The van der Waals surface area contributed by atoms with E-state index in [2.05, 4.69) is 9.98 Å². The van der Waals surface area contributed by atoms with Gasteiger partial charge in [0.1, 0.15) is 0 Å². The van der Waals surface area contributed by atoms with Gasteiger partial charge in [-0.2, -0.15) is 9.98 Å². The summed E-state index contributed by atoms with van der Waals surface area (Å²) in [6.07, 6.45) is 3.00. The van der Waals surface area contributed by atoms with Crippen LogP contribution in [-0.4, -0.2) is 86.2 Å². The Morgan fingerprint density at radius 1 is 0.714 bits per heavy atom. The van der Waals surface area contributed by atoms with Gasteiger partial charge in [-0.3, -0.25) is 0 Å². The second-order valence-corrected chi connectivity index (χ2v) is 8.66. The number of aliphatic hydroxyl groups is 3. The van der Waals surface area contributed by atoms with Crippen LogP contribution in [-0.2, 0) is 9.59 Å². The molecule has 7 nitrogen and oxygen atoms in total. The molecule has 28 heavy (non-hydrogen) atoms. The topological polar surface area (TPSA) is 120 Å². The largest absolute Gasteiger partial charge is 0.396 e. The molecule has 0 atom stereocenters. The molecule has 0 aromatic heterocycles. The maximum Gasteiger partial charge on any atom is 0.236 e. The van der Waals surface area contributed by atoms with Gasteiger partial charge >= 0.3 is 0 Å². The third kappa shape index (κ3) is 10.4. The molecular weight excluding hydrogens is 501 g/mol. The molecule has 1 fully saturated rings. The maximum absolute atomic E-state index is 9.20. The van der Waals surface area contributed by atoms with E-state index in [0.717, 1.165) is 0 Å². The number of hydrogen-bond donors (Lipinski definition) is 3. The molecule has 1 aliphatic rings. The van der Waals surface area contributed by atoms with E-state index in [4.69, 9.17) is 84.9 Å². The number of isocyanates is 2. The smallest absolute Gasteiger partial charge is 0.236 e. The highest BCUT2D eigenvalue weighted by atomic mass is 35.5. The van der Waals surface area contributed by atoms with E-state index in [1.54, 1.807) is 0 Å². The second kappa shape index (κ2) is 17.1. The van der Waals surface area contributed by atoms with Crippen molar-refractivity contribution in [2.24, 2.45) is 15.4 Å². The van der Waals surface area contributed by atoms with Gasteiger partial charge in [0.2, 0.25) is 12.2 Å². The summed E-state index contributed by atoms with van der Waals surface area (Å²) in [5.74, 6) is 0. The van der Waals surface area contributed by atoms with Crippen LogP contribution in [0.5, 0.6) is 0 Å². The number of aliphatic hydroxyl groups excluding tert-OH is 3. The molecule has 0 unspecified atom stereocenters. The van der Waals surface area contributed by atoms with Crippen LogP contribution in [0.1, 0.15) is 13.3 Å². The highest BCUT2D eigenvalue weighted by Crippen LogP contribution is 2.39. The highest BCUT2D eigenvalue weighted by molar-refractivity contribution is 6.45. The number of nitrogens with zero attached hydrogens (tertiary/aromatic N) is 2. The summed E-state index contributed by atoms with van der Waals surface area (Å²) in [4.78, 5) is 24.2. The van der Waals surface area contributed by atoms with Gasteiger partial charge < -0.3 is 15.3 Å². The van der Waals surface area contributed by atoms with Gasteiger partial charge in [-0.25, -0.2) is 9.59 Å². The van der Waals surface area contributed by atoms with Gasteiger partial charge in [0.25, 0.3) is 0 Å². The molecular formula is C15H22Cl6N2O5. The molecule has 0 saturated heterocycles. The van der Waals surface area contributed by atoms with Crippen LogP contribution in [0.3, 0.4) is 0 Å². The second-order valence-electron chi connectivity index (χ2n) is 5.63. The van der Waals surface area contributed by atoms with Crippen molar-refractivity contribution in [2.45, 2.75) is 45.6 Å². The first-order chi connectivity index (χ1) is 13.1. The van der Waals surface area contributed by atoms with Crippen molar-refractivity contribution in [2.75, 3.05) is 26.5 Å². The average Bonchev–Trinajstić information content (AvgIpc) is 2.73. The zero-order valence-corrected chi connectivity index (χ0v) is 19.4. The van der Waals surface area contributed by atoms with Crippen LogP contribution in [0.15, 0.2) is 9.98 Å². The van der Waals surface area contributed by atoms with Gasteiger partial charge in [-0.1, -0.05) is 6.92 Å². The fourth-order valence-electron chi connectivity index (χ4n) is 1.63. The quantitative estimate of drug-likeness (QED) is 0.281. The summed E-state index contributed by atoms with van der Waals surface area (Å²) in [6, 6.07) is 0. The minimum atomic E-state index is -0.667. The highest BCUT2D eigenvalue weighted by Gasteiger charge is 2.46. The number of carbonyl (C=O) groups excluding carboxylic acids is 2. The first kappa shape index (κ1) is 30.6. The standard InChI is InChI=1S/C6H6Cl6.C6H14O3.C3H2N2O2/c7-1-2(8)4(10)6(12)5(11)3(1)9;1-2-6(3-7,4-8)5-9;6-2-4-1-5-3-7/h1-6H;7-9H,2-5H2,1H3;1H2/t1-,2-,3-,4+,5+,6+;;. The predicted molar refractivity (Wildman–Crippen MR) is 113 cm³/mol. The summed E-state index contributed by atoms with van der Waals surface area (Å²) in [5.41, 5.74) is -0.667. The minimum absolute atomic E-state index is 0.156. The van der Waals surface area contributed by atoms with Gasteiger partial charge in [0.15, 0.2) is 6.67 Å². The monoisotopic (exact) mass is 520 g/mol. The lowest BCUT2D eigenvalue weighted by Gasteiger charge is -2.37. The fourth-order valence-corrected chi connectivity index (χ4v) is 3.96. The normalized spacial score (nSPS) is 29.1. The third-order valence-electron chi connectivity index (χ3n) is 3.85. The molecule has 1 aliphatic carbocycles. The van der Waals surface area contributed by atoms with Crippen LogP contribution in [0.4, 0.5) is 0 Å². The van der Waals surface area contributed by atoms with E-state index >= 15 is 0 Å². The van der Waals surface area contributed by atoms with Crippen LogP contribution in [0.2, 0.25) is 0 Å². The minimum Gasteiger partial charge on any atom is -0.396 e. The van der Waals surface area contributed by atoms with E-state index in [1.807, 2.05) is 6.92 Å². The first-order valence-electron chi connectivity index (χ1n) is 7.87. The van der Waals surface area contributed by atoms with Crippen LogP contribution < -0.4 is 0 Å². The molecule has 0 heterocycles. The van der Waals surface area contributed by atoms with Crippen LogP contribution >= 0.6 is 69.6 Å². The van der Waals surface area contributed by atoms with Crippen molar-refractivity contribution in [3.05, 3.63) is 0 Å². The Hall–Kier alpha value is 0.380. The van der Waals surface area contributed by atoms with Crippen molar-refractivity contribution in [1.29, 1.82) is 0 Å². The SMILES string of the molecule is CCC(CO)(CO)CO.Cl[C@H]1[C@H](Cl)[C@@H](Cl)[C@@H](Cl)[C@H](Cl)[C@H]1Cl.O=C=NCN=C=O. The molecule has 0 bridgehead atoms. The number of hydrogen-bond acceptors (Lipinski definition) is 7. The van der Waals surface area contributed by atoms with Crippen molar-refractivity contribution in [3.63, 3.8) is 0 Å². The van der Waals surface area contributed by atoms with Gasteiger partial charge in [-0.15, -0.1) is 69.6 Å². The van der Waals surface area contributed by atoms with Gasteiger partial charge in [-0.05, 0) is 6.42 Å². The Morgan fingerprint density at radius 2 is 0.964 bits per heavy atom. The Kier molecular flexibility index (Phi) is 18.7. The van der Waals surface area contributed by atoms with Crippen molar-refractivity contribution in [3.8, 4) is 0 Å². The first-order valence-corrected chi connectivity index (χ1v) is 10.5. The summed E-state index contributed by atoms with van der Waals surface area (Å²) in [5, 5.41) is 23.3. The van der Waals surface area contributed by atoms with E-state index in [0.29, 0.717) is 6.42 Å². The number of alkyl halides is 6. The van der Waals surface area contributed by atoms with Crippen LogP contribution in [0, 0.1) is 5.41 Å². The molecule has 164 valence electrons. The predicted octanol–water partition coefficient (Wildman–Crippen LogP) is 2.62. The molecule has 0 spiro atoms. The van der Waals surface area contributed by atoms with E-state index in [9.17, 15) is 9.59 Å². The number of rotatable bonds is 6. The lowest BCUT2D eigenvalue weighted by atomic mass is 9.88. The Labute approximate surface area is 193 Å². The molecule has 0 aromatic carbocycles. The summed E-state index contributed by atoms with van der Waals surface area (Å²) >= 11 is 35.3. The fraction of sp³-hybridized carbons (Fsp3) is 0.867. The molecule has 1 saturated carbocycles. The van der Waals surface area contributed by atoms with Gasteiger partial charge in [0, 0.05) is 5.41 Å². The van der Waals surface area contributed by atoms with Crippen LogP contribution in [0.25, 0.3) is 0 Å². The van der Waals surface area contributed by atoms with Crippen molar-refractivity contribution < 1.29 is 24.9 Å². The Bertz CT molecular complexity index is 423. The molecule has 13 heteroatoms. The third-order valence-corrected chi connectivity index (χ3v) is 7.88. The Morgan fingerprint density at radius 3 is 1.07 bits per heavy atom. The summed E-state index contributed by atoms with van der Waals surface area (Å²) in [6.45, 7) is 1.19. The van der Waals surface area contributed by atoms with Gasteiger partial charge in [0.05, 0.1) is 52.1 Å². The Balaban J connectivity index is 0. The lowest BCUT2D eigenvalue weighted by molar-refractivity contribution is 0.00304. The van der Waals surface area contributed by atoms with E-state index < -0.39 is 37.7 Å². The lowest BCUT2D eigenvalue weighted by Crippen LogP contribution is -2.52. The van der Waals surface area contributed by atoms with E-state index in [-0.39, 0.29) is 26.5 Å². The number of aliphatic imine (C=N–C) groups is 2. The molecule has 0 radical (unpaired) electrons. The molecule has 0 aliphatic heterocycles. The number of halogens is 6. The zero-order chi connectivity index (χ0) is 22.3. The van der Waals surface area contributed by atoms with Crippen molar-refractivity contribution in [1.82, 2.24) is 0 Å². The molecule has 0 amide bonds. The van der Waals surface area contributed by atoms with E-state index in [1.165, 1.54) is 12.2 Å². The summed E-state index contributed by atoms with van der Waals surface area (Å²) < 4.78 is 0. The molecule has 0 aromatic rings. The maximum atomic E-state index is 9.20. The zero-order valence-electron chi connectivity index (χ0n) is 14.8. The molecule has 1 rings (SSSR count). The van der Waals surface area contributed by atoms with Crippen molar-refractivity contribution >= 4 is 81.8 Å². The average molecular weight is 523 g/mol. The summed E-state index contributed by atoms with van der Waals surface area (Å²) in [7, 11) is 0. The molecule has 3 N–H and O–H groups in total.